The summed E-state index contributed by atoms with van der Waals surface area (Å²) in [5, 5.41) is 30.7. The first-order valence-electron chi connectivity index (χ1n) is 6.50. The summed E-state index contributed by atoms with van der Waals surface area (Å²) in [6.45, 7) is -0.383. The van der Waals surface area contributed by atoms with Crippen LogP contribution in [0.15, 0.2) is 22.8 Å². The van der Waals surface area contributed by atoms with Gasteiger partial charge in [0.25, 0.3) is 0 Å². The monoisotopic (exact) mass is 407 g/mol. The normalized spacial score (nSPS) is 28.5. The minimum absolute atomic E-state index is 0.353. The molecule has 0 bridgehead atoms. The molecule has 2 heterocycles. The molecule has 0 saturated carbocycles. The largest absolute Gasteiger partial charge is 0.394 e. The molecule has 118 valence electrons. The number of pyridine rings is 1. The Kier molecular flexibility index (Phi) is 4.62. The van der Waals surface area contributed by atoms with Crippen LogP contribution in [0.3, 0.4) is 0 Å². The maximum Gasteiger partial charge on any atom is 0.113 e. The highest BCUT2D eigenvalue weighted by Gasteiger charge is 2.43. The molecule has 0 radical (unpaired) electrons. The highest BCUT2D eigenvalue weighted by molar-refractivity contribution is 9.10. The second kappa shape index (κ2) is 6.20. The van der Waals surface area contributed by atoms with Gasteiger partial charge in [0.05, 0.1) is 22.2 Å². The molecule has 3 N–H and O–H groups in total. The molecule has 1 aliphatic heterocycles. The molecule has 2 aromatic rings. The van der Waals surface area contributed by atoms with Gasteiger partial charge in [0.2, 0.25) is 0 Å². The van der Waals surface area contributed by atoms with E-state index in [1.54, 1.807) is 18.2 Å². The number of hydrogen-bond donors (Lipinski definition) is 3. The standard InChI is InChI=1S/C14H12BrCl2NO4/c15-11-2-6(14-13(21)12(20)10(4-19)22-14)5-1-7(16)8(17)3-9(5)18-11/h1-3,10,12-14,19-21H,4H2/t10-,12-,13-,14+/m1/s1. The first-order valence-corrected chi connectivity index (χ1v) is 8.05. The highest BCUT2D eigenvalue weighted by atomic mass is 79.9. The van der Waals surface area contributed by atoms with Crippen molar-refractivity contribution in [2.75, 3.05) is 6.61 Å². The van der Waals surface area contributed by atoms with Crippen LogP contribution < -0.4 is 0 Å². The first kappa shape index (κ1) is 16.4. The Balaban J connectivity index is 2.16. The first-order chi connectivity index (χ1) is 10.4. The van der Waals surface area contributed by atoms with Gasteiger partial charge in [0.1, 0.15) is 29.0 Å². The molecular formula is C14H12BrCl2NO4. The zero-order valence-electron chi connectivity index (χ0n) is 11.1. The van der Waals surface area contributed by atoms with E-state index in [0.717, 1.165) is 0 Å². The number of ether oxygens (including phenoxy) is 1. The minimum Gasteiger partial charge on any atom is -0.394 e. The lowest BCUT2D eigenvalue weighted by atomic mass is 9.98. The van der Waals surface area contributed by atoms with E-state index in [-0.39, 0.29) is 6.61 Å². The summed E-state index contributed by atoms with van der Waals surface area (Å²) in [4.78, 5) is 4.32. The fourth-order valence-corrected chi connectivity index (χ4v) is 3.36. The van der Waals surface area contributed by atoms with Crippen molar-refractivity contribution >= 4 is 50.0 Å². The molecule has 0 amide bonds. The maximum atomic E-state index is 10.2. The van der Waals surface area contributed by atoms with Crippen LogP contribution in [0.4, 0.5) is 0 Å². The fourth-order valence-electron chi connectivity index (χ4n) is 2.61. The Morgan fingerprint density at radius 3 is 2.45 bits per heavy atom. The number of aliphatic hydroxyl groups is 3. The summed E-state index contributed by atoms with van der Waals surface area (Å²) in [6, 6.07) is 4.95. The number of hydrogen-bond acceptors (Lipinski definition) is 5. The van der Waals surface area contributed by atoms with Crippen molar-refractivity contribution < 1.29 is 20.1 Å². The Bertz CT molecular complexity index is 730. The van der Waals surface area contributed by atoms with Crippen molar-refractivity contribution in [3.8, 4) is 0 Å². The second-order valence-electron chi connectivity index (χ2n) is 5.08. The molecule has 8 heteroatoms. The summed E-state index contributed by atoms with van der Waals surface area (Å²) >= 11 is 15.4. The van der Waals surface area contributed by atoms with Crippen molar-refractivity contribution in [1.29, 1.82) is 0 Å². The molecule has 22 heavy (non-hydrogen) atoms. The molecule has 1 aromatic heterocycles. The molecule has 1 aliphatic rings. The van der Waals surface area contributed by atoms with E-state index in [1.807, 2.05) is 0 Å². The molecule has 0 aliphatic carbocycles. The van der Waals surface area contributed by atoms with Crippen LogP contribution in [0.1, 0.15) is 11.7 Å². The molecule has 5 nitrogen and oxygen atoms in total. The predicted molar refractivity (Wildman–Crippen MR) is 86.2 cm³/mol. The Morgan fingerprint density at radius 2 is 1.82 bits per heavy atom. The number of halogens is 3. The van der Waals surface area contributed by atoms with E-state index in [9.17, 15) is 15.3 Å². The molecule has 0 unspecified atom stereocenters. The van der Waals surface area contributed by atoms with Gasteiger partial charge in [0, 0.05) is 5.39 Å². The van der Waals surface area contributed by atoms with E-state index in [2.05, 4.69) is 20.9 Å². The predicted octanol–water partition coefficient (Wildman–Crippen LogP) is 2.46. The van der Waals surface area contributed by atoms with E-state index < -0.39 is 24.4 Å². The van der Waals surface area contributed by atoms with Crippen molar-refractivity contribution in [2.24, 2.45) is 0 Å². The highest BCUT2D eigenvalue weighted by Crippen LogP contribution is 2.39. The maximum absolute atomic E-state index is 10.2. The van der Waals surface area contributed by atoms with E-state index in [4.69, 9.17) is 27.9 Å². The summed E-state index contributed by atoms with van der Waals surface area (Å²) in [5.41, 5.74) is 1.19. The van der Waals surface area contributed by atoms with E-state index in [1.165, 1.54) is 0 Å². The van der Waals surface area contributed by atoms with Crippen LogP contribution >= 0.6 is 39.1 Å². The molecule has 3 rings (SSSR count). The number of rotatable bonds is 2. The number of nitrogens with zero attached hydrogens (tertiary/aromatic N) is 1. The van der Waals surface area contributed by atoms with Crippen molar-refractivity contribution in [1.82, 2.24) is 4.98 Å². The molecule has 4 atom stereocenters. The quantitative estimate of drug-likeness (QED) is 0.665. The van der Waals surface area contributed by atoms with Crippen LogP contribution in [0.2, 0.25) is 10.0 Å². The van der Waals surface area contributed by atoms with Crippen LogP contribution in [0.25, 0.3) is 10.9 Å². The third-order valence-electron chi connectivity index (χ3n) is 3.70. The lowest BCUT2D eigenvalue weighted by molar-refractivity contribution is -0.0223. The van der Waals surface area contributed by atoms with Gasteiger partial charge in [-0.3, -0.25) is 0 Å². The molecule has 1 aromatic carbocycles. The topological polar surface area (TPSA) is 82.8 Å². The zero-order chi connectivity index (χ0) is 16.0. The minimum atomic E-state index is -1.17. The fraction of sp³-hybridized carbons (Fsp3) is 0.357. The average molecular weight is 409 g/mol. The lowest BCUT2D eigenvalue weighted by Gasteiger charge is -2.18. The number of benzene rings is 1. The number of fused-ring (bicyclic) bond motifs is 1. The molecule has 0 spiro atoms. The number of aliphatic hydroxyl groups excluding tert-OH is 3. The molecule has 1 saturated heterocycles. The summed E-state index contributed by atoms with van der Waals surface area (Å²) in [6.07, 6.45) is -3.97. The summed E-state index contributed by atoms with van der Waals surface area (Å²) < 4.78 is 6.11. The van der Waals surface area contributed by atoms with Gasteiger partial charge in [-0.2, -0.15) is 0 Å². The van der Waals surface area contributed by atoms with E-state index in [0.29, 0.717) is 31.1 Å². The van der Waals surface area contributed by atoms with Crippen LogP contribution in [-0.4, -0.2) is 45.2 Å². The summed E-state index contributed by atoms with van der Waals surface area (Å²) in [5.74, 6) is 0. The van der Waals surface area contributed by atoms with Gasteiger partial charge < -0.3 is 20.1 Å². The van der Waals surface area contributed by atoms with Crippen LogP contribution in [0.5, 0.6) is 0 Å². The zero-order valence-corrected chi connectivity index (χ0v) is 14.2. The Labute approximate surface area is 144 Å². The molecule has 1 fully saturated rings. The van der Waals surface area contributed by atoms with Gasteiger partial charge in [-0.1, -0.05) is 23.2 Å². The third kappa shape index (κ3) is 2.73. The van der Waals surface area contributed by atoms with Crippen LogP contribution in [-0.2, 0) is 4.74 Å². The second-order valence-corrected chi connectivity index (χ2v) is 6.70. The Morgan fingerprint density at radius 1 is 1.14 bits per heavy atom. The van der Waals surface area contributed by atoms with Gasteiger partial charge in [-0.25, -0.2) is 4.98 Å². The Hall–Kier alpha value is -0.470. The van der Waals surface area contributed by atoms with Gasteiger partial charge >= 0.3 is 0 Å². The van der Waals surface area contributed by atoms with Crippen molar-refractivity contribution in [3.05, 3.63) is 38.4 Å². The third-order valence-corrected chi connectivity index (χ3v) is 4.83. The van der Waals surface area contributed by atoms with Gasteiger partial charge in [0.15, 0.2) is 0 Å². The average Bonchev–Trinajstić information content (AvgIpc) is 2.76. The lowest BCUT2D eigenvalue weighted by Crippen LogP contribution is -2.32. The number of aromatic nitrogens is 1. The summed E-state index contributed by atoms with van der Waals surface area (Å²) in [7, 11) is 0. The molecular weight excluding hydrogens is 397 g/mol. The van der Waals surface area contributed by atoms with Crippen molar-refractivity contribution in [3.63, 3.8) is 0 Å². The van der Waals surface area contributed by atoms with Gasteiger partial charge in [-0.15, -0.1) is 0 Å². The van der Waals surface area contributed by atoms with Gasteiger partial charge in [-0.05, 0) is 39.7 Å². The van der Waals surface area contributed by atoms with Crippen LogP contribution in [0, 0.1) is 0 Å². The van der Waals surface area contributed by atoms with E-state index >= 15 is 0 Å². The smallest absolute Gasteiger partial charge is 0.113 e. The SMILES string of the molecule is OC[C@H]1O[C@@H](c2cc(Br)nc3cc(Cl)c(Cl)cc23)[C@H](O)[C@@H]1O. The van der Waals surface area contributed by atoms with Crippen molar-refractivity contribution in [2.45, 2.75) is 24.4 Å².